The van der Waals surface area contributed by atoms with Crippen molar-refractivity contribution in [3.8, 4) is 0 Å². The molecule has 0 aromatic rings. The minimum Gasteiger partial charge on any atom is -0.395 e. The Bertz CT molecular complexity index is 570. The number of ketones is 1. The fourth-order valence-corrected chi connectivity index (χ4v) is 8.67. The highest BCUT2D eigenvalue weighted by molar-refractivity contribution is 5.86. The molecule has 2 nitrogen and oxygen atoms in total. The number of fused-ring (bicyclic) bond motifs is 1. The molecule has 2 heteroatoms. The van der Waals surface area contributed by atoms with Crippen LogP contribution in [-0.2, 0) is 4.79 Å². The lowest BCUT2D eigenvalue weighted by Crippen LogP contribution is -2.61. The molecule has 0 radical (unpaired) electrons. The highest BCUT2D eigenvalue weighted by Gasteiger charge is 2.78. The van der Waals surface area contributed by atoms with E-state index < -0.39 is 5.41 Å². The number of carbonyl (C=O) groups is 1. The summed E-state index contributed by atoms with van der Waals surface area (Å²) in [4.78, 5) is 12.6. The van der Waals surface area contributed by atoms with Crippen LogP contribution in [0.15, 0.2) is 0 Å². The van der Waals surface area contributed by atoms with Crippen molar-refractivity contribution >= 4 is 5.78 Å². The van der Waals surface area contributed by atoms with E-state index in [0.29, 0.717) is 34.4 Å². The first-order valence-corrected chi connectivity index (χ1v) is 9.44. The van der Waals surface area contributed by atoms with Gasteiger partial charge in [0, 0.05) is 6.42 Å². The number of aliphatic hydroxyl groups excluding tert-OH is 1. The molecule has 122 valence electrons. The normalized spacial score (nSPS) is 65.0. The zero-order valence-electron chi connectivity index (χ0n) is 14.3. The van der Waals surface area contributed by atoms with Crippen molar-refractivity contribution in [3.63, 3.8) is 0 Å². The highest BCUT2D eigenvalue weighted by atomic mass is 16.3. The van der Waals surface area contributed by atoms with Gasteiger partial charge in [-0.1, -0.05) is 20.8 Å². The Morgan fingerprint density at radius 1 is 1.09 bits per heavy atom. The molecule has 8 atom stereocenters. The maximum absolute atomic E-state index is 12.6. The predicted octanol–water partition coefficient (Wildman–Crippen LogP) is 3.82. The van der Waals surface area contributed by atoms with E-state index in [4.69, 9.17) is 0 Å². The summed E-state index contributed by atoms with van der Waals surface area (Å²) in [5.41, 5.74) is 1.10. The molecule has 6 saturated carbocycles. The van der Waals surface area contributed by atoms with Crippen LogP contribution in [0.25, 0.3) is 0 Å². The summed E-state index contributed by atoms with van der Waals surface area (Å²) >= 11 is 0. The standard InChI is InChI=1S/C20H30O2/c1-17-6-5-16(22)19(3,11-21)14(17)4-7-20-9-13-12(8-15(17)20)18(13,2)10-20/h12-15,21H,4-11H2,1-3H3/t12-,13?,14-,15-,17+,18-,19+,20-/m0/s1. The van der Waals surface area contributed by atoms with Crippen molar-refractivity contribution in [1.82, 2.24) is 0 Å². The van der Waals surface area contributed by atoms with Gasteiger partial charge in [0.25, 0.3) is 0 Å². The molecule has 1 spiro atoms. The summed E-state index contributed by atoms with van der Waals surface area (Å²) in [7, 11) is 0. The van der Waals surface area contributed by atoms with Crippen LogP contribution in [0.2, 0.25) is 0 Å². The van der Waals surface area contributed by atoms with Crippen LogP contribution in [0.4, 0.5) is 0 Å². The Balaban J connectivity index is 1.56. The van der Waals surface area contributed by atoms with E-state index in [1.165, 1.54) is 32.1 Å². The number of hydrogen-bond acceptors (Lipinski definition) is 2. The second kappa shape index (κ2) is 3.66. The van der Waals surface area contributed by atoms with Crippen molar-refractivity contribution in [2.45, 2.75) is 65.7 Å². The summed E-state index contributed by atoms with van der Waals surface area (Å²) in [6, 6.07) is 0. The van der Waals surface area contributed by atoms with Crippen molar-refractivity contribution in [2.75, 3.05) is 6.61 Å². The fraction of sp³-hybridized carbons (Fsp3) is 0.950. The summed E-state index contributed by atoms with van der Waals surface area (Å²) in [5, 5.41) is 10.0. The second-order valence-electron chi connectivity index (χ2n) is 10.3. The van der Waals surface area contributed by atoms with E-state index in [1.54, 1.807) is 0 Å². The lowest BCUT2D eigenvalue weighted by molar-refractivity contribution is -0.180. The Morgan fingerprint density at radius 2 is 1.86 bits per heavy atom. The lowest BCUT2D eigenvalue weighted by atomic mass is 9.39. The van der Waals surface area contributed by atoms with E-state index in [0.717, 1.165) is 24.2 Å². The maximum Gasteiger partial charge on any atom is 0.141 e. The number of carbonyl (C=O) groups excluding carboxylic acids is 1. The summed E-state index contributed by atoms with van der Waals surface area (Å²) < 4.78 is 0. The smallest absolute Gasteiger partial charge is 0.141 e. The molecule has 0 saturated heterocycles. The number of rotatable bonds is 1. The minimum absolute atomic E-state index is 0.0512. The van der Waals surface area contributed by atoms with E-state index in [2.05, 4.69) is 20.8 Å². The molecular formula is C20H30O2. The molecule has 1 unspecified atom stereocenters. The Morgan fingerprint density at radius 3 is 2.50 bits per heavy atom. The van der Waals surface area contributed by atoms with Gasteiger partial charge in [0.2, 0.25) is 0 Å². The van der Waals surface area contributed by atoms with Crippen LogP contribution >= 0.6 is 0 Å². The molecule has 1 N–H and O–H groups in total. The van der Waals surface area contributed by atoms with Crippen molar-refractivity contribution in [3.05, 3.63) is 0 Å². The van der Waals surface area contributed by atoms with Gasteiger partial charge in [-0.2, -0.15) is 0 Å². The Kier molecular flexibility index (Phi) is 2.33. The first-order valence-electron chi connectivity index (χ1n) is 9.44. The Hall–Kier alpha value is -0.370. The molecule has 22 heavy (non-hydrogen) atoms. The van der Waals surface area contributed by atoms with E-state index in [1.807, 2.05) is 0 Å². The lowest BCUT2D eigenvalue weighted by Gasteiger charge is -2.65. The third kappa shape index (κ3) is 1.26. The molecule has 6 fully saturated rings. The molecular weight excluding hydrogens is 272 g/mol. The average molecular weight is 302 g/mol. The number of Topliss-reactive ketones (excluding diaryl/α,β-unsaturated/α-hetero) is 1. The Labute approximate surface area is 134 Å². The second-order valence-corrected chi connectivity index (χ2v) is 10.3. The summed E-state index contributed by atoms with van der Waals surface area (Å²) in [6.45, 7) is 7.14. The van der Waals surface area contributed by atoms with Crippen LogP contribution < -0.4 is 0 Å². The van der Waals surface area contributed by atoms with E-state index in [9.17, 15) is 9.90 Å². The predicted molar refractivity (Wildman–Crippen MR) is 85.1 cm³/mol. The zero-order chi connectivity index (χ0) is 15.5. The van der Waals surface area contributed by atoms with Gasteiger partial charge in [-0.3, -0.25) is 4.79 Å². The van der Waals surface area contributed by atoms with Crippen LogP contribution in [-0.4, -0.2) is 17.5 Å². The van der Waals surface area contributed by atoms with Crippen LogP contribution in [0.5, 0.6) is 0 Å². The van der Waals surface area contributed by atoms with Crippen molar-refractivity contribution in [1.29, 1.82) is 0 Å². The van der Waals surface area contributed by atoms with Gasteiger partial charge in [0.15, 0.2) is 0 Å². The molecule has 6 aliphatic rings. The maximum atomic E-state index is 12.6. The third-order valence-electron chi connectivity index (χ3n) is 9.81. The number of hydrogen-bond donors (Lipinski definition) is 1. The minimum atomic E-state index is -0.470. The summed E-state index contributed by atoms with van der Waals surface area (Å²) in [6.07, 6.45) is 8.62. The fourth-order valence-electron chi connectivity index (χ4n) is 8.67. The highest BCUT2D eigenvalue weighted by Crippen LogP contribution is 2.85. The van der Waals surface area contributed by atoms with E-state index in [-0.39, 0.29) is 6.61 Å². The monoisotopic (exact) mass is 302 g/mol. The van der Waals surface area contributed by atoms with E-state index >= 15 is 0 Å². The molecule has 4 bridgehead atoms. The molecule has 0 aliphatic heterocycles. The first-order chi connectivity index (χ1) is 10.3. The molecule has 0 aromatic heterocycles. The van der Waals surface area contributed by atoms with Crippen LogP contribution in [0.1, 0.15) is 65.7 Å². The van der Waals surface area contributed by atoms with Gasteiger partial charge in [0.05, 0.1) is 12.0 Å². The molecule has 0 heterocycles. The topological polar surface area (TPSA) is 37.3 Å². The zero-order valence-corrected chi connectivity index (χ0v) is 14.3. The molecule has 0 amide bonds. The molecule has 6 rings (SSSR count). The van der Waals surface area contributed by atoms with Crippen LogP contribution in [0, 0.1) is 45.3 Å². The van der Waals surface area contributed by atoms with Gasteiger partial charge in [-0.15, -0.1) is 0 Å². The van der Waals surface area contributed by atoms with Gasteiger partial charge < -0.3 is 5.11 Å². The number of aliphatic hydroxyl groups is 1. The van der Waals surface area contributed by atoms with Gasteiger partial charge >= 0.3 is 0 Å². The third-order valence-corrected chi connectivity index (χ3v) is 9.81. The SMILES string of the molecule is C[C@@]12CCC(=O)[C@](C)(CO)[C@H]1CC[C@@]13CC4[C@H](C[C@H]12)[C@]4(C)C3. The van der Waals surface area contributed by atoms with Gasteiger partial charge in [0.1, 0.15) is 5.78 Å². The quantitative estimate of drug-likeness (QED) is 0.799. The first kappa shape index (κ1) is 14.0. The van der Waals surface area contributed by atoms with Crippen molar-refractivity contribution in [2.24, 2.45) is 45.3 Å². The molecule has 0 aromatic carbocycles. The van der Waals surface area contributed by atoms with Gasteiger partial charge in [-0.25, -0.2) is 0 Å². The molecule has 6 aliphatic carbocycles. The van der Waals surface area contributed by atoms with Crippen molar-refractivity contribution < 1.29 is 9.90 Å². The summed E-state index contributed by atoms with van der Waals surface area (Å²) in [5.74, 6) is 3.55. The van der Waals surface area contributed by atoms with Crippen LogP contribution in [0.3, 0.4) is 0 Å². The average Bonchev–Trinajstić information content (AvgIpc) is 2.94. The largest absolute Gasteiger partial charge is 0.395 e. The van der Waals surface area contributed by atoms with Gasteiger partial charge in [-0.05, 0) is 78.4 Å².